The van der Waals surface area contributed by atoms with Crippen molar-refractivity contribution >= 4 is 17.5 Å². The van der Waals surface area contributed by atoms with Crippen molar-refractivity contribution < 1.29 is 9.59 Å². The summed E-state index contributed by atoms with van der Waals surface area (Å²) in [6.45, 7) is 3.95. The van der Waals surface area contributed by atoms with Gasteiger partial charge in [0.2, 0.25) is 11.8 Å². The van der Waals surface area contributed by atoms with Crippen molar-refractivity contribution in [3.05, 3.63) is 65.7 Å². The normalized spacial score (nSPS) is 10.1. The molecule has 2 aromatic rings. The Morgan fingerprint density at radius 2 is 1.64 bits per heavy atom. The van der Waals surface area contributed by atoms with Gasteiger partial charge in [-0.3, -0.25) is 9.59 Å². The largest absolute Gasteiger partial charge is 0.329 e. The molecule has 2 amide bonds. The van der Waals surface area contributed by atoms with Gasteiger partial charge in [0.1, 0.15) is 6.54 Å². The average Bonchev–Trinajstić information content (AvgIpc) is 2.49. The van der Waals surface area contributed by atoms with Gasteiger partial charge >= 0.3 is 0 Å². The lowest BCUT2D eigenvalue weighted by Crippen LogP contribution is -2.36. The summed E-state index contributed by atoms with van der Waals surface area (Å²) in [5, 5.41) is 2.79. The lowest BCUT2D eigenvalue weighted by molar-refractivity contribution is -0.133. The zero-order chi connectivity index (χ0) is 15.9. The molecule has 0 aliphatic rings. The van der Waals surface area contributed by atoms with Crippen molar-refractivity contribution in [3.8, 4) is 0 Å². The Hall–Kier alpha value is -2.62. The molecule has 1 N–H and O–H groups in total. The summed E-state index contributed by atoms with van der Waals surface area (Å²) in [6, 6.07) is 17.1. The molecule has 0 saturated carbocycles. The van der Waals surface area contributed by atoms with Crippen molar-refractivity contribution in [2.75, 3.05) is 11.9 Å². The average molecular weight is 296 g/mol. The van der Waals surface area contributed by atoms with Crippen molar-refractivity contribution in [3.63, 3.8) is 0 Å². The highest BCUT2D eigenvalue weighted by atomic mass is 16.2. The third-order valence-electron chi connectivity index (χ3n) is 3.46. The topological polar surface area (TPSA) is 49.4 Å². The van der Waals surface area contributed by atoms with Gasteiger partial charge in [-0.1, -0.05) is 42.5 Å². The van der Waals surface area contributed by atoms with Crippen LogP contribution in [0.5, 0.6) is 0 Å². The van der Waals surface area contributed by atoms with Gasteiger partial charge in [-0.2, -0.15) is 0 Å². The minimum atomic E-state index is -0.199. The van der Waals surface area contributed by atoms with Gasteiger partial charge < -0.3 is 10.2 Å². The lowest BCUT2D eigenvalue weighted by Gasteiger charge is -2.21. The Bertz CT molecular complexity index is 653. The SMILES string of the molecule is CC(=O)N(CC(=O)Nc1ccccc1)Cc1ccccc1C. The van der Waals surface area contributed by atoms with Gasteiger partial charge in [0.25, 0.3) is 0 Å². The van der Waals surface area contributed by atoms with Crippen molar-refractivity contribution in [1.82, 2.24) is 4.90 Å². The fourth-order valence-corrected chi connectivity index (χ4v) is 2.17. The zero-order valence-corrected chi connectivity index (χ0v) is 12.9. The molecule has 114 valence electrons. The van der Waals surface area contributed by atoms with Crippen LogP contribution in [0.25, 0.3) is 0 Å². The second-order valence-corrected chi connectivity index (χ2v) is 5.22. The molecule has 0 unspecified atom stereocenters. The third-order valence-corrected chi connectivity index (χ3v) is 3.46. The number of hydrogen-bond acceptors (Lipinski definition) is 2. The molecule has 0 heterocycles. The number of carbonyl (C=O) groups excluding carboxylic acids is 2. The van der Waals surface area contributed by atoms with E-state index >= 15 is 0 Å². The van der Waals surface area contributed by atoms with Crippen LogP contribution in [0.2, 0.25) is 0 Å². The van der Waals surface area contributed by atoms with Crippen LogP contribution < -0.4 is 5.32 Å². The van der Waals surface area contributed by atoms with Crippen LogP contribution >= 0.6 is 0 Å². The molecule has 0 bridgehead atoms. The highest BCUT2D eigenvalue weighted by molar-refractivity contribution is 5.94. The smallest absolute Gasteiger partial charge is 0.244 e. The second-order valence-electron chi connectivity index (χ2n) is 5.22. The number of nitrogens with zero attached hydrogens (tertiary/aromatic N) is 1. The fourth-order valence-electron chi connectivity index (χ4n) is 2.17. The summed E-state index contributed by atoms with van der Waals surface area (Å²) >= 11 is 0. The molecule has 0 atom stereocenters. The first kappa shape index (κ1) is 15.8. The van der Waals surface area contributed by atoms with E-state index in [4.69, 9.17) is 0 Å². The van der Waals surface area contributed by atoms with E-state index in [-0.39, 0.29) is 18.4 Å². The molecular formula is C18H20N2O2. The van der Waals surface area contributed by atoms with Gasteiger partial charge in [0.05, 0.1) is 0 Å². The summed E-state index contributed by atoms with van der Waals surface area (Å²) in [4.78, 5) is 25.4. The Morgan fingerprint density at radius 3 is 2.27 bits per heavy atom. The van der Waals surface area contributed by atoms with Gasteiger partial charge in [0, 0.05) is 19.2 Å². The van der Waals surface area contributed by atoms with Crippen LogP contribution in [-0.4, -0.2) is 23.3 Å². The third kappa shape index (κ3) is 4.45. The van der Waals surface area contributed by atoms with Crippen LogP contribution in [0.3, 0.4) is 0 Å². The summed E-state index contributed by atoms with van der Waals surface area (Å²) in [5.41, 5.74) is 2.88. The number of rotatable bonds is 5. The molecule has 0 fully saturated rings. The predicted molar refractivity (Wildman–Crippen MR) is 87.3 cm³/mol. The van der Waals surface area contributed by atoms with Gasteiger partial charge in [-0.25, -0.2) is 0 Å². The van der Waals surface area contributed by atoms with Gasteiger partial charge in [-0.15, -0.1) is 0 Å². The Morgan fingerprint density at radius 1 is 1.00 bits per heavy atom. The molecule has 0 aromatic heterocycles. The molecule has 0 aliphatic heterocycles. The Labute approximate surface area is 130 Å². The highest BCUT2D eigenvalue weighted by Gasteiger charge is 2.15. The second kappa shape index (κ2) is 7.41. The maximum absolute atomic E-state index is 12.1. The maximum atomic E-state index is 12.1. The first-order valence-corrected chi connectivity index (χ1v) is 7.21. The number of hydrogen-bond donors (Lipinski definition) is 1. The van der Waals surface area contributed by atoms with Crippen LogP contribution in [0.15, 0.2) is 54.6 Å². The maximum Gasteiger partial charge on any atom is 0.244 e. The summed E-state index contributed by atoms with van der Waals surface area (Å²) in [5.74, 6) is -0.318. The molecule has 4 heteroatoms. The fraction of sp³-hybridized carbons (Fsp3) is 0.222. The molecule has 2 aromatic carbocycles. The monoisotopic (exact) mass is 296 g/mol. The molecular weight excluding hydrogens is 276 g/mol. The first-order valence-electron chi connectivity index (χ1n) is 7.21. The molecule has 22 heavy (non-hydrogen) atoms. The molecule has 0 radical (unpaired) electrons. The number of benzene rings is 2. The Balaban J connectivity index is 2.01. The van der Waals surface area contributed by atoms with Crippen LogP contribution in [0.4, 0.5) is 5.69 Å². The number of carbonyl (C=O) groups is 2. The van der Waals surface area contributed by atoms with Crippen molar-refractivity contribution in [1.29, 1.82) is 0 Å². The highest BCUT2D eigenvalue weighted by Crippen LogP contribution is 2.11. The number of anilines is 1. The van der Waals surface area contributed by atoms with E-state index in [1.54, 1.807) is 4.90 Å². The van der Waals surface area contributed by atoms with Gasteiger partial charge in [0.15, 0.2) is 0 Å². The zero-order valence-electron chi connectivity index (χ0n) is 12.9. The quantitative estimate of drug-likeness (QED) is 0.922. The van der Waals surface area contributed by atoms with Gasteiger partial charge in [-0.05, 0) is 30.2 Å². The standard InChI is InChI=1S/C18H20N2O2/c1-14-8-6-7-9-16(14)12-20(15(2)21)13-18(22)19-17-10-4-3-5-11-17/h3-11H,12-13H2,1-2H3,(H,19,22). The minimum Gasteiger partial charge on any atom is -0.329 e. The molecule has 2 rings (SSSR count). The molecule has 4 nitrogen and oxygen atoms in total. The van der Waals surface area contributed by atoms with E-state index in [9.17, 15) is 9.59 Å². The Kier molecular flexibility index (Phi) is 5.31. The first-order chi connectivity index (χ1) is 10.6. The van der Waals surface area contributed by atoms with E-state index in [0.29, 0.717) is 6.54 Å². The predicted octanol–water partition coefficient (Wildman–Crippen LogP) is 2.98. The summed E-state index contributed by atoms with van der Waals surface area (Å²) in [6.07, 6.45) is 0. The summed E-state index contributed by atoms with van der Waals surface area (Å²) in [7, 11) is 0. The van der Waals surface area contributed by atoms with E-state index in [0.717, 1.165) is 16.8 Å². The van der Waals surface area contributed by atoms with Crippen LogP contribution in [-0.2, 0) is 16.1 Å². The summed E-state index contributed by atoms with van der Waals surface area (Å²) < 4.78 is 0. The molecule has 0 spiro atoms. The van der Waals surface area contributed by atoms with Crippen molar-refractivity contribution in [2.24, 2.45) is 0 Å². The minimum absolute atomic E-state index is 0.0402. The number of nitrogens with one attached hydrogen (secondary N) is 1. The number of para-hydroxylation sites is 1. The van der Waals surface area contributed by atoms with E-state index in [1.807, 2.05) is 61.5 Å². The van der Waals surface area contributed by atoms with E-state index in [2.05, 4.69) is 5.32 Å². The number of amides is 2. The molecule has 0 saturated heterocycles. The van der Waals surface area contributed by atoms with E-state index in [1.165, 1.54) is 6.92 Å². The number of aryl methyl sites for hydroxylation is 1. The lowest BCUT2D eigenvalue weighted by atomic mass is 10.1. The molecule has 0 aliphatic carbocycles. The van der Waals surface area contributed by atoms with Crippen LogP contribution in [0, 0.1) is 6.92 Å². The van der Waals surface area contributed by atoms with E-state index < -0.39 is 0 Å². The van der Waals surface area contributed by atoms with Crippen molar-refractivity contribution in [2.45, 2.75) is 20.4 Å². The van der Waals surface area contributed by atoms with Crippen LogP contribution in [0.1, 0.15) is 18.1 Å².